The molecule has 1 aromatic rings. The predicted molar refractivity (Wildman–Crippen MR) is 62.2 cm³/mol. The molecular formula is C10H15N3OS. The van der Waals surface area contributed by atoms with Crippen LogP contribution in [0.5, 0.6) is 0 Å². The highest BCUT2D eigenvalue weighted by molar-refractivity contribution is 7.98. The molecule has 0 bridgehead atoms. The Balaban J connectivity index is 2.45. The van der Waals surface area contributed by atoms with Crippen molar-refractivity contribution in [2.24, 2.45) is 0 Å². The highest BCUT2D eigenvalue weighted by atomic mass is 32.2. The fourth-order valence-corrected chi connectivity index (χ4v) is 2.59. The summed E-state index contributed by atoms with van der Waals surface area (Å²) in [5.41, 5.74) is 1.87. The Morgan fingerprint density at radius 3 is 3.13 bits per heavy atom. The number of aryl methyl sites for hydroxylation is 1. The Kier molecular flexibility index (Phi) is 3.11. The minimum Gasteiger partial charge on any atom is -0.311 e. The van der Waals surface area contributed by atoms with Gasteiger partial charge in [-0.25, -0.2) is 4.98 Å². The van der Waals surface area contributed by atoms with Gasteiger partial charge in [0.25, 0.3) is 5.56 Å². The summed E-state index contributed by atoms with van der Waals surface area (Å²) in [4.78, 5) is 19.1. The van der Waals surface area contributed by atoms with Gasteiger partial charge >= 0.3 is 0 Å². The molecule has 2 heterocycles. The van der Waals surface area contributed by atoms with E-state index in [0.29, 0.717) is 0 Å². The van der Waals surface area contributed by atoms with Crippen molar-refractivity contribution in [2.75, 3.05) is 12.8 Å². The summed E-state index contributed by atoms with van der Waals surface area (Å²) < 4.78 is 0. The van der Waals surface area contributed by atoms with Crippen LogP contribution in [-0.4, -0.2) is 22.8 Å². The molecule has 4 nitrogen and oxygen atoms in total. The monoisotopic (exact) mass is 225 g/mol. The van der Waals surface area contributed by atoms with Crippen LogP contribution >= 0.6 is 11.8 Å². The van der Waals surface area contributed by atoms with Crippen LogP contribution in [0.1, 0.15) is 30.0 Å². The second kappa shape index (κ2) is 4.37. The lowest BCUT2D eigenvalue weighted by Crippen LogP contribution is -2.26. The first-order chi connectivity index (χ1) is 7.22. The van der Waals surface area contributed by atoms with Gasteiger partial charge in [-0.05, 0) is 26.1 Å². The maximum atomic E-state index is 11.8. The Labute approximate surface area is 92.9 Å². The van der Waals surface area contributed by atoms with Crippen LogP contribution in [0.4, 0.5) is 0 Å². The van der Waals surface area contributed by atoms with E-state index in [1.807, 2.05) is 14.0 Å². The normalized spacial score (nSPS) is 17.2. The minimum atomic E-state index is 0.0318. The van der Waals surface area contributed by atoms with Crippen molar-refractivity contribution in [1.82, 2.24) is 15.3 Å². The molecule has 1 aromatic heterocycles. The van der Waals surface area contributed by atoms with Crippen LogP contribution in [0.2, 0.25) is 0 Å². The maximum absolute atomic E-state index is 11.8. The third kappa shape index (κ3) is 2.08. The molecule has 1 unspecified atom stereocenters. The molecule has 1 atom stereocenters. The third-order valence-electron chi connectivity index (χ3n) is 2.69. The molecular weight excluding hydrogens is 210 g/mol. The molecule has 0 radical (unpaired) electrons. The summed E-state index contributed by atoms with van der Waals surface area (Å²) in [6, 6.07) is 0.0950. The van der Waals surface area contributed by atoms with Crippen molar-refractivity contribution >= 4 is 11.8 Å². The van der Waals surface area contributed by atoms with E-state index in [-0.39, 0.29) is 11.6 Å². The Morgan fingerprint density at radius 1 is 1.60 bits per heavy atom. The quantitative estimate of drug-likeness (QED) is 0.783. The van der Waals surface area contributed by atoms with E-state index >= 15 is 0 Å². The van der Waals surface area contributed by atoms with Gasteiger partial charge < -0.3 is 10.3 Å². The molecule has 82 valence electrons. The van der Waals surface area contributed by atoms with Crippen molar-refractivity contribution in [2.45, 2.75) is 25.1 Å². The summed E-state index contributed by atoms with van der Waals surface area (Å²) in [5.74, 6) is 2.61. The van der Waals surface area contributed by atoms with Crippen LogP contribution in [0.3, 0.4) is 0 Å². The number of rotatable bonds is 2. The molecule has 2 N–H and O–H groups in total. The summed E-state index contributed by atoms with van der Waals surface area (Å²) in [6.07, 6.45) is 0.910. The number of hydrogen-bond donors (Lipinski definition) is 2. The second-order valence-electron chi connectivity index (χ2n) is 3.69. The van der Waals surface area contributed by atoms with Gasteiger partial charge in [-0.2, -0.15) is 11.8 Å². The summed E-state index contributed by atoms with van der Waals surface area (Å²) in [6.45, 7) is 1.99. The van der Waals surface area contributed by atoms with E-state index in [9.17, 15) is 4.79 Å². The molecule has 1 aliphatic rings. The summed E-state index contributed by atoms with van der Waals surface area (Å²) >= 11 is 1.80. The number of aromatic amines is 1. The summed E-state index contributed by atoms with van der Waals surface area (Å²) in [7, 11) is 1.86. The number of hydrogen-bond acceptors (Lipinski definition) is 4. The minimum absolute atomic E-state index is 0.0318. The molecule has 2 rings (SSSR count). The second-order valence-corrected chi connectivity index (χ2v) is 4.79. The van der Waals surface area contributed by atoms with Gasteiger partial charge in [0, 0.05) is 11.3 Å². The van der Waals surface area contributed by atoms with Crippen LogP contribution in [0, 0.1) is 0 Å². The zero-order valence-electron chi connectivity index (χ0n) is 8.96. The molecule has 15 heavy (non-hydrogen) atoms. The lowest BCUT2D eigenvalue weighted by atomic mass is 10.2. The van der Waals surface area contributed by atoms with E-state index in [1.54, 1.807) is 11.8 Å². The molecule has 0 aromatic carbocycles. The molecule has 0 saturated carbocycles. The number of thioether (sulfide) groups is 1. The smallest absolute Gasteiger partial charge is 0.255 e. The van der Waals surface area contributed by atoms with Gasteiger partial charge in [0.15, 0.2) is 0 Å². The van der Waals surface area contributed by atoms with Crippen LogP contribution in [0.15, 0.2) is 4.79 Å². The van der Waals surface area contributed by atoms with E-state index in [4.69, 9.17) is 0 Å². The number of fused-ring (bicyclic) bond motifs is 1. The molecule has 0 spiro atoms. The third-order valence-corrected chi connectivity index (χ3v) is 3.68. The lowest BCUT2D eigenvalue weighted by Gasteiger charge is -2.16. The van der Waals surface area contributed by atoms with Crippen molar-refractivity contribution < 1.29 is 0 Å². The zero-order valence-corrected chi connectivity index (χ0v) is 9.78. The number of H-pyrrole nitrogens is 1. The van der Waals surface area contributed by atoms with Crippen molar-refractivity contribution in [3.8, 4) is 0 Å². The Morgan fingerprint density at radius 2 is 2.40 bits per heavy atom. The van der Waals surface area contributed by atoms with Crippen molar-refractivity contribution in [3.05, 3.63) is 27.4 Å². The topological polar surface area (TPSA) is 57.8 Å². The van der Waals surface area contributed by atoms with Crippen LogP contribution in [-0.2, 0) is 12.2 Å². The average Bonchev–Trinajstić information content (AvgIpc) is 2.28. The van der Waals surface area contributed by atoms with E-state index in [0.717, 1.165) is 35.0 Å². The number of aromatic nitrogens is 2. The van der Waals surface area contributed by atoms with Crippen LogP contribution in [0.25, 0.3) is 0 Å². The van der Waals surface area contributed by atoms with Crippen LogP contribution < -0.4 is 10.9 Å². The fraction of sp³-hybridized carbons (Fsp3) is 0.600. The first-order valence-electron chi connectivity index (χ1n) is 5.09. The largest absolute Gasteiger partial charge is 0.311 e. The van der Waals surface area contributed by atoms with Gasteiger partial charge in [-0.1, -0.05) is 0 Å². The van der Waals surface area contributed by atoms with Gasteiger partial charge in [0.1, 0.15) is 5.82 Å². The Bertz CT molecular complexity index is 416. The molecule has 0 aliphatic carbocycles. The van der Waals surface area contributed by atoms with Crippen molar-refractivity contribution in [3.63, 3.8) is 0 Å². The highest BCUT2D eigenvalue weighted by Gasteiger charge is 2.17. The van der Waals surface area contributed by atoms with E-state index in [1.165, 1.54) is 0 Å². The molecule has 0 saturated heterocycles. The van der Waals surface area contributed by atoms with Crippen molar-refractivity contribution in [1.29, 1.82) is 0 Å². The van der Waals surface area contributed by atoms with E-state index in [2.05, 4.69) is 15.3 Å². The maximum Gasteiger partial charge on any atom is 0.255 e. The standard InChI is InChI=1S/C10H15N3OS/c1-6(11-2)9-12-8-3-4-15-5-7(8)10(14)13-9/h6,11H,3-5H2,1-2H3,(H,12,13,14). The lowest BCUT2D eigenvalue weighted by molar-refractivity contribution is 0.601. The summed E-state index contributed by atoms with van der Waals surface area (Å²) in [5, 5.41) is 3.08. The Hall–Kier alpha value is -0.810. The van der Waals surface area contributed by atoms with E-state index < -0.39 is 0 Å². The van der Waals surface area contributed by atoms with Gasteiger partial charge in [0.2, 0.25) is 0 Å². The SMILES string of the molecule is CNC(C)c1nc2c(c(=O)[nH]1)CSCC2. The number of nitrogens with zero attached hydrogens (tertiary/aromatic N) is 1. The highest BCUT2D eigenvalue weighted by Crippen LogP contribution is 2.20. The predicted octanol–water partition coefficient (Wildman–Crippen LogP) is 0.840. The zero-order chi connectivity index (χ0) is 10.8. The van der Waals surface area contributed by atoms with Gasteiger partial charge in [-0.3, -0.25) is 4.79 Å². The fourth-order valence-electron chi connectivity index (χ4n) is 1.60. The molecule has 5 heteroatoms. The average molecular weight is 225 g/mol. The number of nitrogens with one attached hydrogen (secondary N) is 2. The first kappa shape index (κ1) is 10.7. The molecule has 0 fully saturated rings. The van der Waals surface area contributed by atoms with Gasteiger partial charge in [0.05, 0.1) is 11.7 Å². The van der Waals surface area contributed by atoms with Gasteiger partial charge in [-0.15, -0.1) is 0 Å². The molecule has 1 aliphatic heterocycles. The molecule has 0 amide bonds. The first-order valence-corrected chi connectivity index (χ1v) is 6.25.